The van der Waals surface area contributed by atoms with Gasteiger partial charge in [0, 0.05) is 16.1 Å². The summed E-state index contributed by atoms with van der Waals surface area (Å²) in [5.41, 5.74) is 3.45. The van der Waals surface area contributed by atoms with Crippen LogP contribution in [-0.4, -0.2) is 24.2 Å². The Balaban J connectivity index is 1.35. The van der Waals surface area contributed by atoms with Gasteiger partial charge in [0.2, 0.25) is 11.8 Å². The van der Waals surface area contributed by atoms with Crippen LogP contribution >= 0.6 is 11.8 Å². The highest BCUT2D eigenvalue weighted by molar-refractivity contribution is 8.00. The number of hydrogen-bond donors (Lipinski definition) is 2. The Morgan fingerprint density at radius 3 is 2.69 bits per heavy atom. The van der Waals surface area contributed by atoms with E-state index < -0.39 is 0 Å². The van der Waals surface area contributed by atoms with E-state index in [9.17, 15) is 9.59 Å². The summed E-state index contributed by atoms with van der Waals surface area (Å²) in [5.74, 6) is 0.994. The molecule has 2 amide bonds. The Morgan fingerprint density at radius 2 is 1.83 bits per heavy atom. The van der Waals surface area contributed by atoms with Gasteiger partial charge < -0.3 is 15.4 Å². The highest BCUT2D eigenvalue weighted by Crippen LogP contribution is 2.33. The van der Waals surface area contributed by atoms with Crippen LogP contribution in [-0.2, 0) is 9.59 Å². The number of hydrogen-bond acceptors (Lipinski definition) is 4. The first-order valence-electron chi connectivity index (χ1n) is 9.33. The van der Waals surface area contributed by atoms with E-state index in [2.05, 4.69) is 10.6 Å². The molecule has 3 aromatic carbocycles. The molecule has 6 heteroatoms. The first-order chi connectivity index (χ1) is 14.2. The summed E-state index contributed by atoms with van der Waals surface area (Å²) in [7, 11) is 0. The Kier molecular flexibility index (Phi) is 5.81. The van der Waals surface area contributed by atoms with Gasteiger partial charge >= 0.3 is 0 Å². The molecule has 0 radical (unpaired) electrons. The van der Waals surface area contributed by atoms with E-state index in [1.54, 1.807) is 6.07 Å². The first kappa shape index (κ1) is 19.1. The quantitative estimate of drug-likeness (QED) is 0.619. The summed E-state index contributed by atoms with van der Waals surface area (Å²) in [6.07, 6.45) is 0.224. The van der Waals surface area contributed by atoms with Crippen LogP contribution in [0.15, 0.2) is 77.7 Å². The number of rotatable bonds is 6. The third-order valence-electron chi connectivity index (χ3n) is 4.45. The van der Waals surface area contributed by atoms with Crippen LogP contribution in [0.5, 0.6) is 5.75 Å². The number of para-hydroxylation sites is 1. The molecule has 0 saturated carbocycles. The van der Waals surface area contributed by atoms with E-state index in [0.717, 1.165) is 27.5 Å². The maximum absolute atomic E-state index is 12.3. The molecule has 3 aromatic rings. The summed E-state index contributed by atoms with van der Waals surface area (Å²) in [5, 5.41) is 5.68. The van der Waals surface area contributed by atoms with Crippen LogP contribution in [0.1, 0.15) is 6.42 Å². The van der Waals surface area contributed by atoms with Crippen molar-refractivity contribution in [3.05, 3.63) is 72.8 Å². The van der Waals surface area contributed by atoms with Crippen molar-refractivity contribution < 1.29 is 14.3 Å². The minimum atomic E-state index is -0.142. The number of nitrogens with one attached hydrogen (secondary N) is 2. The number of amides is 2. The number of thioether (sulfide) groups is 1. The molecule has 1 aliphatic heterocycles. The largest absolute Gasteiger partial charge is 0.492 e. The first-order valence-corrected chi connectivity index (χ1v) is 10.3. The summed E-state index contributed by atoms with van der Waals surface area (Å²) >= 11 is 1.49. The maximum Gasteiger partial charge on any atom is 0.234 e. The predicted octanol–water partition coefficient (Wildman–Crippen LogP) is 4.81. The minimum absolute atomic E-state index is 0.0311. The zero-order valence-corrected chi connectivity index (χ0v) is 16.5. The third kappa shape index (κ3) is 4.78. The van der Waals surface area contributed by atoms with Gasteiger partial charge in [-0.3, -0.25) is 9.59 Å². The number of carbonyl (C=O) groups is 2. The molecule has 0 fully saturated rings. The monoisotopic (exact) mass is 404 g/mol. The Morgan fingerprint density at radius 1 is 1.03 bits per heavy atom. The molecule has 2 N–H and O–H groups in total. The molecule has 0 unspecified atom stereocenters. The van der Waals surface area contributed by atoms with Crippen molar-refractivity contribution in [1.29, 1.82) is 0 Å². The molecule has 5 nitrogen and oxygen atoms in total. The normalized spacial score (nSPS) is 12.6. The smallest absolute Gasteiger partial charge is 0.234 e. The van der Waals surface area contributed by atoms with Crippen LogP contribution in [0.25, 0.3) is 11.1 Å². The highest BCUT2D eigenvalue weighted by atomic mass is 32.2. The van der Waals surface area contributed by atoms with Crippen molar-refractivity contribution in [1.82, 2.24) is 0 Å². The molecule has 0 atom stereocenters. The van der Waals surface area contributed by atoms with Crippen molar-refractivity contribution >= 4 is 35.0 Å². The van der Waals surface area contributed by atoms with Crippen molar-refractivity contribution in [3.63, 3.8) is 0 Å². The van der Waals surface area contributed by atoms with Gasteiger partial charge in [-0.05, 0) is 29.8 Å². The van der Waals surface area contributed by atoms with Gasteiger partial charge in [0.05, 0.1) is 24.5 Å². The fraction of sp³-hybridized carbons (Fsp3) is 0.130. The zero-order valence-electron chi connectivity index (χ0n) is 15.7. The van der Waals surface area contributed by atoms with E-state index in [1.165, 1.54) is 11.8 Å². The van der Waals surface area contributed by atoms with Gasteiger partial charge in [0.15, 0.2) is 0 Å². The summed E-state index contributed by atoms with van der Waals surface area (Å²) in [6.45, 7) is 0.271. The summed E-state index contributed by atoms with van der Waals surface area (Å²) < 4.78 is 5.88. The molecule has 1 heterocycles. The second-order valence-corrected chi connectivity index (χ2v) is 7.57. The van der Waals surface area contributed by atoms with Crippen molar-refractivity contribution in [2.45, 2.75) is 11.3 Å². The molecule has 0 aliphatic carbocycles. The van der Waals surface area contributed by atoms with E-state index in [4.69, 9.17) is 4.74 Å². The van der Waals surface area contributed by atoms with Gasteiger partial charge in [-0.1, -0.05) is 48.5 Å². The predicted molar refractivity (Wildman–Crippen MR) is 116 cm³/mol. The van der Waals surface area contributed by atoms with E-state index in [0.29, 0.717) is 11.4 Å². The zero-order chi connectivity index (χ0) is 20.1. The molecule has 0 aromatic heterocycles. The van der Waals surface area contributed by atoms with Crippen LogP contribution < -0.4 is 15.4 Å². The lowest BCUT2D eigenvalue weighted by molar-refractivity contribution is -0.116. The second-order valence-electron chi connectivity index (χ2n) is 6.56. The van der Waals surface area contributed by atoms with Gasteiger partial charge in [0.25, 0.3) is 0 Å². The molecule has 4 rings (SSSR count). The van der Waals surface area contributed by atoms with Crippen molar-refractivity contribution in [2.75, 3.05) is 23.0 Å². The van der Waals surface area contributed by atoms with Gasteiger partial charge in [-0.15, -0.1) is 11.8 Å². The van der Waals surface area contributed by atoms with E-state index >= 15 is 0 Å². The lowest BCUT2D eigenvalue weighted by atomic mass is 10.1. The molecule has 146 valence electrons. The van der Waals surface area contributed by atoms with Gasteiger partial charge in [0.1, 0.15) is 5.75 Å². The summed E-state index contributed by atoms with van der Waals surface area (Å²) in [4.78, 5) is 24.8. The van der Waals surface area contributed by atoms with E-state index in [-0.39, 0.29) is 24.8 Å². The second kappa shape index (κ2) is 8.84. The summed E-state index contributed by atoms with van der Waals surface area (Å²) in [6, 6.07) is 23.3. The number of ether oxygens (including phenoxy) is 1. The Labute approximate surface area is 173 Å². The fourth-order valence-corrected chi connectivity index (χ4v) is 3.88. The minimum Gasteiger partial charge on any atom is -0.492 e. The molecule has 0 bridgehead atoms. The fourth-order valence-electron chi connectivity index (χ4n) is 3.09. The topological polar surface area (TPSA) is 67.4 Å². The number of anilines is 2. The van der Waals surface area contributed by atoms with Gasteiger partial charge in [-0.2, -0.15) is 0 Å². The van der Waals surface area contributed by atoms with Crippen LogP contribution in [0.3, 0.4) is 0 Å². The van der Waals surface area contributed by atoms with Gasteiger partial charge in [-0.25, -0.2) is 0 Å². The SMILES string of the molecule is O=C(CCOc1ccccc1-c1ccccc1)Nc1ccc2c(c1)NC(=O)CS2. The molecular formula is C23H20N2O3S. The molecule has 29 heavy (non-hydrogen) atoms. The Bertz CT molecular complexity index is 1040. The maximum atomic E-state index is 12.3. The highest BCUT2D eigenvalue weighted by Gasteiger charge is 2.16. The van der Waals surface area contributed by atoms with Crippen molar-refractivity contribution in [2.24, 2.45) is 0 Å². The number of carbonyl (C=O) groups excluding carboxylic acids is 2. The lowest BCUT2D eigenvalue weighted by Crippen LogP contribution is -2.19. The van der Waals surface area contributed by atoms with Crippen LogP contribution in [0.2, 0.25) is 0 Å². The molecule has 1 aliphatic rings. The third-order valence-corrected chi connectivity index (χ3v) is 5.53. The Hall–Kier alpha value is -3.25. The molecule has 0 spiro atoms. The van der Waals surface area contributed by atoms with Crippen LogP contribution in [0.4, 0.5) is 11.4 Å². The average molecular weight is 404 g/mol. The lowest BCUT2D eigenvalue weighted by Gasteiger charge is -2.17. The number of benzene rings is 3. The molecular weight excluding hydrogens is 384 g/mol. The van der Waals surface area contributed by atoms with Crippen molar-refractivity contribution in [3.8, 4) is 16.9 Å². The average Bonchev–Trinajstić information content (AvgIpc) is 2.74. The number of fused-ring (bicyclic) bond motifs is 1. The van der Waals surface area contributed by atoms with E-state index in [1.807, 2.05) is 66.7 Å². The molecule has 0 saturated heterocycles. The van der Waals surface area contributed by atoms with Crippen LogP contribution in [0, 0.1) is 0 Å². The standard InChI is InChI=1S/C23H20N2O3S/c26-22(24-17-10-11-21-19(14-17)25-23(27)15-29-21)12-13-28-20-9-5-4-8-18(20)16-6-2-1-3-7-16/h1-11,14H,12-13,15H2,(H,24,26)(H,25,27).